The van der Waals surface area contributed by atoms with Crippen LogP contribution in [0.5, 0.6) is 0 Å². The van der Waals surface area contributed by atoms with E-state index in [1.807, 2.05) is 42.8 Å². The highest BCUT2D eigenvalue weighted by Crippen LogP contribution is 2.14. The molecule has 1 aromatic heterocycles. The van der Waals surface area contributed by atoms with Crippen LogP contribution in [-0.4, -0.2) is 15.6 Å². The molecule has 0 fully saturated rings. The van der Waals surface area contributed by atoms with Crippen molar-refractivity contribution in [1.82, 2.24) is 9.78 Å². The third kappa shape index (κ3) is 3.20. The smallest absolute Gasteiger partial charge is 0.185 e. The summed E-state index contributed by atoms with van der Waals surface area (Å²) in [6, 6.07) is 7.37. The zero-order valence-electron chi connectivity index (χ0n) is 10.9. The molecule has 1 heterocycles. The van der Waals surface area contributed by atoms with Crippen LogP contribution in [0.2, 0.25) is 0 Å². The van der Waals surface area contributed by atoms with Gasteiger partial charge >= 0.3 is 0 Å². The third-order valence-corrected chi connectivity index (χ3v) is 3.46. The average molecular weight is 319 g/mol. The van der Waals surface area contributed by atoms with Crippen molar-refractivity contribution in [2.45, 2.75) is 20.4 Å². The Morgan fingerprint density at radius 3 is 2.89 bits per heavy atom. The topological polar surface area (TPSA) is 34.9 Å². The molecule has 0 unspecified atom stereocenters. The monoisotopic (exact) mass is 318 g/mol. The molecule has 0 spiro atoms. The maximum Gasteiger partial charge on any atom is 0.185 e. The summed E-state index contributed by atoms with van der Waals surface area (Å²) in [6.45, 7) is 4.87. The number of aryl methyl sites for hydroxylation is 1. The second-order valence-electron chi connectivity index (χ2n) is 4.21. The second kappa shape index (κ2) is 5.97. The minimum absolute atomic E-state index is 0.00931. The van der Waals surface area contributed by atoms with Gasteiger partial charge in [0.2, 0.25) is 0 Å². The Bertz CT molecular complexity index is 629. The number of hydrogen-bond donors (Lipinski definition) is 0. The highest BCUT2D eigenvalue weighted by Gasteiger charge is 2.04. The van der Waals surface area contributed by atoms with Crippen molar-refractivity contribution >= 4 is 27.8 Å². The highest BCUT2D eigenvalue weighted by atomic mass is 79.9. The minimum Gasteiger partial charge on any atom is -0.289 e. The maximum atomic E-state index is 12.0. The summed E-state index contributed by atoms with van der Waals surface area (Å²) < 4.78 is 2.81. The standard InChI is InChI=1S/C15H15BrN2O/c1-3-18-11(2)13(10-17-18)7-8-15(19)12-5-4-6-14(16)9-12/h4-10H,3H2,1-2H3/b8-7+. The van der Waals surface area contributed by atoms with E-state index in [9.17, 15) is 4.79 Å². The van der Waals surface area contributed by atoms with E-state index in [0.717, 1.165) is 22.3 Å². The zero-order chi connectivity index (χ0) is 13.8. The Hall–Kier alpha value is -1.68. The van der Waals surface area contributed by atoms with Gasteiger partial charge in [-0.25, -0.2) is 0 Å². The predicted molar refractivity (Wildman–Crippen MR) is 80.1 cm³/mol. The molecule has 4 heteroatoms. The largest absolute Gasteiger partial charge is 0.289 e. The molecule has 2 aromatic rings. The molecule has 1 aromatic carbocycles. The molecule has 0 N–H and O–H groups in total. The molecule has 0 aliphatic carbocycles. The third-order valence-electron chi connectivity index (χ3n) is 2.96. The minimum atomic E-state index is -0.00931. The van der Waals surface area contributed by atoms with Crippen molar-refractivity contribution in [2.24, 2.45) is 0 Å². The number of ketones is 1. The van der Waals surface area contributed by atoms with Gasteiger partial charge in [-0.3, -0.25) is 9.48 Å². The van der Waals surface area contributed by atoms with Crippen molar-refractivity contribution in [2.75, 3.05) is 0 Å². The van der Waals surface area contributed by atoms with Gasteiger partial charge in [0.25, 0.3) is 0 Å². The van der Waals surface area contributed by atoms with E-state index in [-0.39, 0.29) is 5.78 Å². The highest BCUT2D eigenvalue weighted by molar-refractivity contribution is 9.10. The van der Waals surface area contributed by atoms with Crippen molar-refractivity contribution in [3.63, 3.8) is 0 Å². The first-order valence-electron chi connectivity index (χ1n) is 6.12. The van der Waals surface area contributed by atoms with Crippen molar-refractivity contribution in [3.05, 3.63) is 57.8 Å². The van der Waals surface area contributed by atoms with Crippen molar-refractivity contribution < 1.29 is 4.79 Å². The van der Waals surface area contributed by atoms with Crippen LogP contribution >= 0.6 is 15.9 Å². The average Bonchev–Trinajstić information content (AvgIpc) is 2.76. The molecule has 0 aliphatic heterocycles. The fourth-order valence-corrected chi connectivity index (χ4v) is 2.25. The van der Waals surface area contributed by atoms with Crippen LogP contribution in [-0.2, 0) is 6.54 Å². The number of rotatable bonds is 4. The van der Waals surface area contributed by atoms with Gasteiger partial charge in [0.15, 0.2) is 5.78 Å². The Labute approximate surface area is 121 Å². The van der Waals surface area contributed by atoms with Crippen LogP contribution in [0.4, 0.5) is 0 Å². The van der Waals surface area contributed by atoms with Crippen LogP contribution in [0.25, 0.3) is 6.08 Å². The fourth-order valence-electron chi connectivity index (χ4n) is 1.85. The Morgan fingerprint density at radius 2 is 2.26 bits per heavy atom. The molecule has 0 atom stereocenters. The number of allylic oxidation sites excluding steroid dienone is 1. The Kier molecular flexibility index (Phi) is 4.32. The fraction of sp³-hybridized carbons (Fsp3) is 0.200. The summed E-state index contributed by atoms with van der Waals surface area (Å²) in [7, 11) is 0. The normalized spacial score (nSPS) is 11.1. The molecule has 0 saturated carbocycles. The Morgan fingerprint density at radius 1 is 1.47 bits per heavy atom. The zero-order valence-corrected chi connectivity index (χ0v) is 12.5. The van der Waals surface area contributed by atoms with Gasteiger partial charge in [0.1, 0.15) is 0 Å². The first-order valence-corrected chi connectivity index (χ1v) is 6.91. The van der Waals surface area contributed by atoms with E-state index >= 15 is 0 Å². The first kappa shape index (κ1) is 13.7. The van der Waals surface area contributed by atoms with Gasteiger partial charge in [-0.2, -0.15) is 5.10 Å². The maximum absolute atomic E-state index is 12.0. The Balaban J connectivity index is 2.18. The molecule has 2 rings (SSSR count). The van der Waals surface area contributed by atoms with E-state index in [2.05, 4.69) is 21.0 Å². The van der Waals surface area contributed by atoms with Gasteiger partial charge in [0.05, 0.1) is 6.20 Å². The summed E-state index contributed by atoms with van der Waals surface area (Å²) >= 11 is 3.36. The van der Waals surface area contributed by atoms with Crippen LogP contribution in [0.1, 0.15) is 28.5 Å². The van der Waals surface area contributed by atoms with Crippen LogP contribution in [0.3, 0.4) is 0 Å². The van der Waals surface area contributed by atoms with E-state index in [1.54, 1.807) is 18.3 Å². The molecule has 0 saturated heterocycles. The van der Waals surface area contributed by atoms with E-state index < -0.39 is 0 Å². The van der Waals surface area contributed by atoms with Gasteiger partial charge in [-0.1, -0.05) is 28.1 Å². The lowest BCUT2D eigenvalue weighted by Crippen LogP contribution is -1.98. The molecule has 0 radical (unpaired) electrons. The number of hydrogen-bond acceptors (Lipinski definition) is 2. The SMILES string of the molecule is CCn1ncc(/C=C/C(=O)c2cccc(Br)c2)c1C. The summed E-state index contributed by atoms with van der Waals surface area (Å²) in [5, 5.41) is 4.25. The first-order chi connectivity index (χ1) is 9.11. The van der Waals surface area contributed by atoms with E-state index in [0.29, 0.717) is 5.56 Å². The number of carbonyl (C=O) groups is 1. The molecule has 0 bridgehead atoms. The molecular weight excluding hydrogens is 304 g/mol. The number of benzene rings is 1. The van der Waals surface area contributed by atoms with Crippen LogP contribution < -0.4 is 0 Å². The van der Waals surface area contributed by atoms with Gasteiger partial charge in [0, 0.05) is 27.8 Å². The second-order valence-corrected chi connectivity index (χ2v) is 5.12. The molecule has 0 aliphatic rings. The lowest BCUT2D eigenvalue weighted by atomic mass is 10.1. The molecule has 19 heavy (non-hydrogen) atoms. The lowest BCUT2D eigenvalue weighted by molar-refractivity contribution is 0.104. The molecule has 3 nitrogen and oxygen atoms in total. The summed E-state index contributed by atoms with van der Waals surface area (Å²) in [5.74, 6) is -0.00931. The van der Waals surface area contributed by atoms with Crippen molar-refractivity contribution in [1.29, 1.82) is 0 Å². The van der Waals surface area contributed by atoms with Crippen LogP contribution in [0, 0.1) is 6.92 Å². The molecule has 98 valence electrons. The van der Waals surface area contributed by atoms with Gasteiger partial charge in [-0.05, 0) is 38.1 Å². The summed E-state index contributed by atoms with van der Waals surface area (Å²) in [4.78, 5) is 12.0. The number of halogens is 1. The molecular formula is C15H15BrN2O. The van der Waals surface area contributed by atoms with E-state index in [4.69, 9.17) is 0 Å². The lowest BCUT2D eigenvalue weighted by Gasteiger charge is -1.99. The van der Waals surface area contributed by atoms with E-state index in [1.165, 1.54) is 0 Å². The number of aromatic nitrogens is 2. The quantitative estimate of drug-likeness (QED) is 0.633. The summed E-state index contributed by atoms with van der Waals surface area (Å²) in [5.41, 5.74) is 2.72. The molecule has 0 amide bonds. The van der Waals surface area contributed by atoms with Gasteiger partial charge < -0.3 is 0 Å². The van der Waals surface area contributed by atoms with Crippen LogP contribution in [0.15, 0.2) is 41.0 Å². The number of carbonyl (C=O) groups excluding carboxylic acids is 1. The van der Waals surface area contributed by atoms with Crippen molar-refractivity contribution in [3.8, 4) is 0 Å². The summed E-state index contributed by atoms with van der Waals surface area (Å²) in [6.07, 6.45) is 5.19. The predicted octanol–water partition coefficient (Wildman–Crippen LogP) is 3.87. The number of nitrogens with zero attached hydrogens (tertiary/aromatic N) is 2. The van der Waals surface area contributed by atoms with Gasteiger partial charge in [-0.15, -0.1) is 0 Å².